The molecule has 0 aliphatic carbocycles. The molecule has 2 aliphatic rings. The molecule has 0 atom stereocenters. The Morgan fingerprint density at radius 3 is 2.50 bits per heavy atom. The minimum atomic E-state index is -0.630. The summed E-state index contributed by atoms with van der Waals surface area (Å²) in [5.41, 5.74) is 0.249. The van der Waals surface area contributed by atoms with E-state index in [1.165, 1.54) is 32.1 Å². The first-order chi connectivity index (χ1) is 11.5. The van der Waals surface area contributed by atoms with Crippen LogP contribution in [0.25, 0.3) is 0 Å². The molecule has 1 aromatic rings. The Bertz CT molecular complexity index is 593. The van der Waals surface area contributed by atoms with Crippen LogP contribution >= 0.6 is 0 Å². The SMILES string of the molecule is COc1cc([N+](=O)[O-])ccc1N1CCC(O)(CN2CCCC2)CC1. The van der Waals surface area contributed by atoms with Crippen molar-refractivity contribution in [3.05, 3.63) is 28.3 Å². The maximum absolute atomic E-state index is 10.9. The molecule has 2 saturated heterocycles. The monoisotopic (exact) mass is 335 g/mol. The summed E-state index contributed by atoms with van der Waals surface area (Å²) in [6, 6.07) is 4.70. The number of ether oxygens (including phenoxy) is 1. The largest absolute Gasteiger partial charge is 0.494 e. The van der Waals surface area contributed by atoms with Gasteiger partial charge in [-0.2, -0.15) is 0 Å². The summed E-state index contributed by atoms with van der Waals surface area (Å²) in [4.78, 5) is 15.0. The zero-order chi connectivity index (χ0) is 17.2. The number of piperidine rings is 1. The molecule has 0 bridgehead atoms. The minimum absolute atomic E-state index is 0.0261. The number of β-amino-alcohol motifs (C(OH)–C–C–N with tert-alkyl or cyclic N) is 1. The van der Waals surface area contributed by atoms with Crippen LogP contribution in [0, 0.1) is 10.1 Å². The number of rotatable bonds is 5. The van der Waals surface area contributed by atoms with Gasteiger partial charge in [-0.05, 0) is 44.8 Å². The standard InChI is InChI=1S/C17H25N3O4/c1-24-16-12-14(20(22)23)4-5-15(16)19-10-6-17(21,7-11-19)13-18-8-2-3-9-18/h4-5,12,21H,2-3,6-11,13H2,1H3. The van der Waals surface area contributed by atoms with E-state index in [4.69, 9.17) is 4.74 Å². The first-order valence-electron chi connectivity index (χ1n) is 8.53. The molecular formula is C17H25N3O4. The van der Waals surface area contributed by atoms with Gasteiger partial charge in [-0.25, -0.2) is 0 Å². The van der Waals surface area contributed by atoms with E-state index in [1.807, 2.05) is 0 Å². The van der Waals surface area contributed by atoms with Crippen molar-refractivity contribution in [3.63, 3.8) is 0 Å². The van der Waals surface area contributed by atoms with Crippen LogP contribution < -0.4 is 9.64 Å². The lowest BCUT2D eigenvalue weighted by Crippen LogP contribution is -2.50. The highest BCUT2D eigenvalue weighted by atomic mass is 16.6. The molecule has 1 N–H and O–H groups in total. The molecule has 2 fully saturated rings. The summed E-state index contributed by atoms with van der Waals surface area (Å²) in [6.07, 6.45) is 3.84. The summed E-state index contributed by atoms with van der Waals surface area (Å²) in [5, 5.41) is 21.8. The second-order valence-electron chi connectivity index (χ2n) is 6.81. The summed E-state index contributed by atoms with van der Waals surface area (Å²) >= 11 is 0. The van der Waals surface area contributed by atoms with E-state index in [0.717, 1.165) is 38.4 Å². The fourth-order valence-electron chi connectivity index (χ4n) is 3.72. The van der Waals surface area contributed by atoms with Crippen molar-refractivity contribution >= 4 is 11.4 Å². The highest BCUT2D eigenvalue weighted by Gasteiger charge is 2.35. The van der Waals surface area contributed by atoms with Crippen molar-refractivity contribution in [2.24, 2.45) is 0 Å². The van der Waals surface area contributed by atoms with Crippen molar-refractivity contribution in [3.8, 4) is 5.75 Å². The van der Waals surface area contributed by atoms with Crippen LogP contribution in [-0.4, -0.2) is 60.4 Å². The lowest BCUT2D eigenvalue weighted by atomic mass is 9.90. The molecule has 7 nitrogen and oxygen atoms in total. The van der Waals surface area contributed by atoms with Gasteiger partial charge < -0.3 is 19.6 Å². The van der Waals surface area contributed by atoms with E-state index < -0.39 is 10.5 Å². The Balaban J connectivity index is 1.66. The van der Waals surface area contributed by atoms with Gasteiger partial charge in [0.1, 0.15) is 5.75 Å². The minimum Gasteiger partial charge on any atom is -0.494 e. The average Bonchev–Trinajstić information content (AvgIpc) is 3.07. The smallest absolute Gasteiger partial charge is 0.273 e. The highest BCUT2D eigenvalue weighted by Crippen LogP contribution is 2.35. The number of anilines is 1. The van der Waals surface area contributed by atoms with Gasteiger partial charge in [0.2, 0.25) is 0 Å². The van der Waals surface area contributed by atoms with Crippen molar-refractivity contribution in [2.45, 2.75) is 31.3 Å². The summed E-state index contributed by atoms with van der Waals surface area (Å²) < 4.78 is 5.33. The molecule has 0 spiro atoms. The molecule has 3 rings (SSSR count). The third-order valence-electron chi connectivity index (χ3n) is 5.13. The van der Waals surface area contributed by atoms with Gasteiger partial charge in [-0.3, -0.25) is 10.1 Å². The first kappa shape index (κ1) is 17.0. The second-order valence-corrected chi connectivity index (χ2v) is 6.81. The molecule has 1 aromatic carbocycles. The molecule has 24 heavy (non-hydrogen) atoms. The summed E-state index contributed by atoms with van der Waals surface area (Å²) in [6.45, 7) is 4.36. The molecule has 2 aliphatic heterocycles. The van der Waals surface area contributed by atoms with E-state index in [2.05, 4.69) is 9.80 Å². The molecular weight excluding hydrogens is 310 g/mol. The maximum Gasteiger partial charge on any atom is 0.273 e. The Hall–Kier alpha value is -1.86. The molecule has 2 heterocycles. The number of methoxy groups -OCH3 is 1. The number of likely N-dealkylation sites (tertiary alicyclic amines) is 1. The zero-order valence-electron chi connectivity index (χ0n) is 14.1. The van der Waals surface area contributed by atoms with Crippen molar-refractivity contribution in [1.29, 1.82) is 0 Å². The number of non-ortho nitro benzene ring substituents is 1. The number of hydrogen-bond acceptors (Lipinski definition) is 6. The lowest BCUT2D eigenvalue weighted by Gasteiger charge is -2.41. The number of benzene rings is 1. The summed E-state index contributed by atoms with van der Waals surface area (Å²) in [7, 11) is 1.52. The lowest BCUT2D eigenvalue weighted by molar-refractivity contribution is -0.384. The van der Waals surface area contributed by atoms with Gasteiger partial charge in [0, 0.05) is 25.7 Å². The van der Waals surface area contributed by atoms with Crippen molar-refractivity contribution < 1.29 is 14.8 Å². The van der Waals surface area contributed by atoms with Crippen molar-refractivity contribution in [1.82, 2.24) is 4.90 Å². The molecule has 0 saturated carbocycles. The van der Waals surface area contributed by atoms with Crippen LogP contribution in [0.4, 0.5) is 11.4 Å². The normalized spacial score (nSPS) is 21.0. The molecule has 0 amide bonds. The van der Waals surface area contributed by atoms with E-state index in [0.29, 0.717) is 18.6 Å². The predicted molar refractivity (Wildman–Crippen MR) is 91.7 cm³/mol. The Morgan fingerprint density at radius 1 is 1.25 bits per heavy atom. The first-order valence-corrected chi connectivity index (χ1v) is 8.53. The zero-order valence-corrected chi connectivity index (χ0v) is 14.1. The average molecular weight is 335 g/mol. The van der Waals surface area contributed by atoms with Crippen molar-refractivity contribution in [2.75, 3.05) is 44.7 Å². The van der Waals surface area contributed by atoms with Gasteiger partial charge in [-0.15, -0.1) is 0 Å². The van der Waals surface area contributed by atoms with Gasteiger partial charge in [0.05, 0.1) is 29.4 Å². The molecule has 0 aromatic heterocycles. The molecule has 7 heteroatoms. The highest BCUT2D eigenvalue weighted by molar-refractivity contribution is 5.62. The van der Waals surface area contributed by atoms with Crippen LogP contribution in [0.5, 0.6) is 5.75 Å². The van der Waals surface area contributed by atoms with Crippen LogP contribution in [0.15, 0.2) is 18.2 Å². The van der Waals surface area contributed by atoms with Crippen LogP contribution in [-0.2, 0) is 0 Å². The second kappa shape index (κ2) is 6.94. The molecule has 132 valence electrons. The molecule has 0 radical (unpaired) electrons. The fraction of sp³-hybridized carbons (Fsp3) is 0.647. The fourth-order valence-corrected chi connectivity index (χ4v) is 3.72. The predicted octanol–water partition coefficient (Wildman–Crippen LogP) is 2.03. The Kier molecular flexibility index (Phi) is 4.91. The number of nitrogens with zero attached hydrogens (tertiary/aromatic N) is 3. The van der Waals surface area contributed by atoms with Crippen LogP contribution in [0.3, 0.4) is 0 Å². The third kappa shape index (κ3) is 3.62. The van der Waals surface area contributed by atoms with E-state index in [9.17, 15) is 15.2 Å². The van der Waals surface area contributed by atoms with Crippen LogP contribution in [0.2, 0.25) is 0 Å². The third-order valence-corrected chi connectivity index (χ3v) is 5.13. The number of hydrogen-bond donors (Lipinski definition) is 1. The topological polar surface area (TPSA) is 79.1 Å². The van der Waals surface area contributed by atoms with E-state index in [1.54, 1.807) is 6.07 Å². The Labute approximate surface area is 142 Å². The van der Waals surface area contributed by atoms with E-state index >= 15 is 0 Å². The number of nitro groups is 1. The quantitative estimate of drug-likeness (QED) is 0.655. The number of nitro benzene ring substituents is 1. The maximum atomic E-state index is 10.9. The van der Waals surface area contributed by atoms with Gasteiger partial charge in [0.15, 0.2) is 0 Å². The number of aliphatic hydroxyl groups is 1. The summed E-state index contributed by atoms with van der Waals surface area (Å²) in [5.74, 6) is 0.509. The van der Waals surface area contributed by atoms with Crippen LogP contribution in [0.1, 0.15) is 25.7 Å². The van der Waals surface area contributed by atoms with Gasteiger partial charge in [-0.1, -0.05) is 0 Å². The van der Waals surface area contributed by atoms with Gasteiger partial charge in [0.25, 0.3) is 5.69 Å². The van der Waals surface area contributed by atoms with E-state index in [-0.39, 0.29) is 5.69 Å². The Morgan fingerprint density at radius 2 is 1.92 bits per heavy atom. The molecule has 0 unspecified atom stereocenters. The van der Waals surface area contributed by atoms with Gasteiger partial charge >= 0.3 is 0 Å².